The smallest absolute Gasteiger partial charge is 0.355 e. The van der Waals surface area contributed by atoms with E-state index in [4.69, 9.17) is 0 Å². The number of carbonyl (C=O) groups excluding carboxylic acids is 1. The van der Waals surface area contributed by atoms with Crippen molar-refractivity contribution in [1.82, 2.24) is 15.2 Å². The van der Waals surface area contributed by atoms with Crippen LogP contribution in [0.5, 0.6) is 0 Å². The van der Waals surface area contributed by atoms with Crippen LogP contribution < -0.4 is 10.2 Å². The van der Waals surface area contributed by atoms with E-state index < -0.39 is 17.7 Å². The van der Waals surface area contributed by atoms with E-state index in [0.717, 1.165) is 6.07 Å². The largest absolute Gasteiger partial charge is 0.419 e. The van der Waals surface area contributed by atoms with Gasteiger partial charge in [-0.25, -0.2) is 4.98 Å². The molecular formula is C14H14F3N5OS. The normalized spacial score (nSPS) is 18.5. The van der Waals surface area contributed by atoms with Gasteiger partial charge in [0.1, 0.15) is 11.3 Å². The van der Waals surface area contributed by atoms with Gasteiger partial charge >= 0.3 is 6.18 Å². The number of aromatic nitrogens is 3. The molecule has 1 aliphatic rings. The van der Waals surface area contributed by atoms with Gasteiger partial charge in [0.15, 0.2) is 0 Å². The van der Waals surface area contributed by atoms with Gasteiger partial charge < -0.3 is 10.2 Å². The summed E-state index contributed by atoms with van der Waals surface area (Å²) in [5.74, 6) is -0.815. The Labute approximate surface area is 139 Å². The topological polar surface area (TPSA) is 71.0 Å². The highest BCUT2D eigenvalue weighted by Crippen LogP contribution is 2.36. The fraction of sp³-hybridized carbons (Fsp3) is 0.429. The van der Waals surface area contributed by atoms with Gasteiger partial charge in [-0.3, -0.25) is 4.79 Å². The number of carbonyl (C=O) groups is 1. The minimum Gasteiger partial charge on any atom is -0.355 e. The minimum absolute atomic E-state index is 0.126. The van der Waals surface area contributed by atoms with Gasteiger partial charge in [0.25, 0.3) is 0 Å². The van der Waals surface area contributed by atoms with Crippen molar-refractivity contribution in [1.29, 1.82) is 0 Å². The van der Waals surface area contributed by atoms with Crippen LogP contribution in [0.1, 0.15) is 18.4 Å². The van der Waals surface area contributed by atoms with Gasteiger partial charge in [-0.15, -0.1) is 10.2 Å². The molecule has 1 unspecified atom stereocenters. The Morgan fingerprint density at radius 2 is 2.25 bits per heavy atom. The molecule has 1 aliphatic heterocycles. The molecule has 1 N–H and O–H groups in total. The van der Waals surface area contributed by atoms with Crippen LogP contribution in [0.3, 0.4) is 0 Å². The van der Waals surface area contributed by atoms with Crippen LogP contribution in [0, 0.1) is 5.92 Å². The first kappa shape index (κ1) is 16.6. The number of rotatable bonds is 3. The number of anilines is 2. The first-order valence-corrected chi connectivity index (χ1v) is 8.17. The summed E-state index contributed by atoms with van der Waals surface area (Å²) >= 11 is 1.19. The van der Waals surface area contributed by atoms with E-state index in [-0.39, 0.29) is 18.3 Å². The monoisotopic (exact) mass is 357 g/mol. The number of alkyl halides is 3. The van der Waals surface area contributed by atoms with Gasteiger partial charge in [-0.2, -0.15) is 13.2 Å². The fourth-order valence-electron chi connectivity index (χ4n) is 2.69. The molecule has 24 heavy (non-hydrogen) atoms. The lowest BCUT2D eigenvalue weighted by atomic mass is 9.97. The maximum absolute atomic E-state index is 13.2. The molecule has 1 fully saturated rings. The molecule has 2 aromatic rings. The predicted molar refractivity (Wildman–Crippen MR) is 82.7 cm³/mol. The molecule has 1 atom stereocenters. The third-order valence-electron chi connectivity index (χ3n) is 3.77. The standard InChI is InChI=1S/C14H14F3N5OS/c15-14(16,17)10-4-1-5-18-11(10)22-6-2-3-9(7-22)12(23)20-13-21-19-8-24-13/h1,4-5,8-9H,2-3,6-7H2,(H,20,21,23). The Morgan fingerprint density at radius 1 is 1.42 bits per heavy atom. The Morgan fingerprint density at radius 3 is 2.96 bits per heavy atom. The van der Waals surface area contributed by atoms with Gasteiger partial charge in [0.2, 0.25) is 11.0 Å². The maximum atomic E-state index is 13.2. The molecule has 10 heteroatoms. The van der Waals surface area contributed by atoms with E-state index in [1.807, 2.05) is 0 Å². The van der Waals surface area contributed by atoms with E-state index in [2.05, 4.69) is 20.5 Å². The van der Waals surface area contributed by atoms with E-state index in [9.17, 15) is 18.0 Å². The van der Waals surface area contributed by atoms with Crippen molar-refractivity contribution >= 4 is 28.2 Å². The number of amides is 1. The first-order valence-electron chi connectivity index (χ1n) is 7.29. The Bertz CT molecular complexity index is 707. The molecule has 6 nitrogen and oxygen atoms in total. The zero-order valence-electron chi connectivity index (χ0n) is 12.5. The number of nitrogens with one attached hydrogen (secondary N) is 1. The quantitative estimate of drug-likeness (QED) is 0.915. The number of piperidine rings is 1. The molecule has 0 bridgehead atoms. The van der Waals surface area contributed by atoms with E-state index in [1.54, 1.807) is 0 Å². The van der Waals surface area contributed by atoms with E-state index in [0.29, 0.717) is 24.5 Å². The van der Waals surface area contributed by atoms with Gasteiger partial charge in [-0.05, 0) is 25.0 Å². The summed E-state index contributed by atoms with van der Waals surface area (Å²) in [7, 11) is 0. The van der Waals surface area contributed by atoms with E-state index >= 15 is 0 Å². The number of nitrogens with zero attached hydrogens (tertiary/aromatic N) is 4. The summed E-state index contributed by atoms with van der Waals surface area (Å²) in [6.07, 6.45) is -1.93. The highest BCUT2D eigenvalue weighted by atomic mass is 32.1. The summed E-state index contributed by atoms with van der Waals surface area (Å²) in [5.41, 5.74) is 0.710. The zero-order valence-corrected chi connectivity index (χ0v) is 13.3. The molecule has 1 amide bonds. The predicted octanol–water partition coefficient (Wildman–Crippen LogP) is 2.81. The number of hydrogen-bond donors (Lipinski definition) is 1. The molecule has 0 aliphatic carbocycles. The molecule has 0 spiro atoms. The SMILES string of the molecule is O=C(Nc1nncs1)C1CCCN(c2ncccc2C(F)(F)F)C1. The summed E-state index contributed by atoms with van der Waals surface area (Å²) in [4.78, 5) is 17.7. The second-order valence-corrected chi connectivity index (χ2v) is 6.22. The number of hydrogen-bond acceptors (Lipinski definition) is 6. The molecule has 0 saturated carbocycles. The lowest BCUT2D eigenvalue weighted by Crippen LogP contribution is -2.42. The van der Waals surface area contributed by atoms with E-state index in [1.165, 1.54) is 34.0 Å². The molecule has 0 aromatic carbocycles. The average Bonchev–Trinajstić information content (AvgIpc) is 3.07. The summed E-state index contributed by atoms with van der Waals surface area (Å²) in [6, 6.07) is 2.27. The molecule has 0 radical (unpaired) electrons. The van der Waals surface area contributed by atoms with Crippen LogP contribution in [0.15, 0.2) is 23.8 Å². The maximum Gasteiger partial charge on any atom is 0.419 e. The molecular weight excluding hydrogens is 343 g/mol. The Hall–Kier alpha value is -2.23. The van der Waals surface area contributed by atoms with Crippen LogP contribution in [0.25, 0.3) is 0 Å². The van der Waals surface area contributed by atoms with Crippen LogP contribution in [0.2, 0.25) is 0 Å². The van der Waals surface area contributed by atoms with Crippen molar-refractivity contribution < 1.29 is 18.0 Å². The number of halogens is 3. The second-order valence-electron chi connectivity index (χ2n) is 5.39. The van der Waals surface area contributed by atoms with Gasteiger partial charge in [-0.1, -0.05) is 11.3 Å². The molecule has 3 rings (SSSR count). The average molecular weight is 357 g/mol. The van der Waals surface area contributed by atoms with Crippen molar-refractivity contribution in [2.75, 3.05) is 23.3 Å². The lowest BCUT2D eigenvalue weighted by Gasteiger charge is -2.34. The third kappa shape index (κ3) is 3.64. The zero-order chi connectivity index (χ0) is 17.2. The highest BCUT2D eigenvalue weighted by Gasteiger charge is 2.37. The number of pyridine rings is 1. The van der Waals surface area contributed by atoms with Crippen molar-refractivity contribution in [3.63, 3.8) is 0 Å². The second kappa shape index (κ2) is 6.71. The molecule has 2 aromatic heterocycles. The minimum atomic E-state index is -4.48. The third-order valence-corrected chi connectivity index (χ3v) is 4.38. The van der Waals surface area contributed by atoms with Crippen LogP contribution in [-0.4, -0.2) is 34.2 Å². The van der Waals surface area contributed by atoms with Crippen LogP contribution in [0.4, 0.5) is 24.1 Å². The summed E-state index contributed by atoms with van der Waals surface area (Å²) in [6.45, 7) is 0.618. The summed E-state index contributed by atoms with van der Waals surface area (Å²) in [5, 5.41) is 10.4. The van der Waals surface area contributed by atoms with Crippen LogP contribution >= 0.6 is 11.3 Å². The fourth-order valence-corrected chi connectivity index (χ4v) is 3.14. The Balaban J connectivity index is 1.75. The van der Waals surface area contributed by atoms with Gasteiger partial charge in [0.05, 0.1) is 11.5 Å². The van der Waals surface area contributed by atoms with Crippen molar-refractivity contribution in [3.05, 3.63) is 29.4 Å². The molecule has 3 heterocycles. The Kier molecular flexibility index (Phi) is 4.65. The van der Waals surface area contributed by atoms with Crippen molar-refractivity contribution in [2.45, 2.75) is 19.0 Å². The summed E-state index contributed by atoms with van der Waals surface area (Å²) < 4.78 is 39.5. The van der Waals surface area contributed by atoms with Crippen LogP contribution in [-0.2, 0) is 11.0 Å². The molecule has 1 saturated heterocycles. The van der Waals surface area contributed by atoms with Crippen molar-refractivity contribution in [3.8, 4) is 0 Å². The van der Waals surface area contributed by atoms with Crippen molar-refractivity contribution in [2.24, 2.45) is 5.92 Å². The first-order chi connectivity index (χ1) is 11.4. The lowest BCUT2D eigenvalue weighted by molar-refractivity contribution is -0.137. The highest BCUT2D eigenvalue weighted by molar-refractivity contribution is 7.13. The van der Waals surface area contributed by atoms with Gasteiger partial charge in [0, 0.05) is 19.3 Å². The molecule has 128 valence electrons.